The Kier molecular flexibility index (Phi) is 7.84. The zero-order valence-electron chi connectivity index (χ0n) is 13.7. The highest BCUT2D eigenvalue weighted by atomic mass is 32.2. The van der Waals surface area contributed by atoms with Gasteiger partial charge in [-0.25, -0.2) is 8.42 Å². The number of anilines is 1. The molecule has 0 spiro atoms. The first-order valence-corrected chi connectivity index (χ1v) is 9.20. The van der Waals surface area contributed by atoms with Crippen LogP contribution >= 0.6 is 0 Å². The van der Waals surface area contributed by atoms with Crippen molar-refractivity contribution in [3.8, 4) is 5.75 Å². The van der Waals surface area contributed by atoms with Crippen molar-refractivity contribution in [2.75, 3.05) is 44.0 Å². The number of carbonyl (C=O) groups excluding carboxylic acids is 1. The maximum atomic E-state index is 11.6. The van der Waals surface area contributed by atoms with Gasteiger partial charge in [0.15, 0.2) is 6.61 Å². The summed E-state index contributed by atoms with van der Waals surface area (Å²) in [5, 5.41) is 2.73. The average Bonchev–Trinajstić information content (AvgIpc) is 2.51. The maximum Gasteiger partial charge on any atom is 0.257 e. The van der Waals surface area contributed by atoms with Gasteiger partial charge in [-0.3, -0.25) is 9.10 Å². The van der Waals surface area contributed by atoms with Crippen molar-refractivity contribution in [1.29, 1.82) is 0 Å². The molecule has 1 rings (SSSR count). The van der Waals surface area contributed by atoms with Gasteiger partial charge in [-0.15, -0.1) is 0 Å². The lowest BCUT2D eigenvalue weighted by Gasteiger charge is -2.16. The number of hydrogen-bond acceptors (Lipinski definition) is 5. The third-order valence-electron chi connectivity index (χ3n) is 3.06. The highest BCUT2D eigenvalue weighted by Crippen LogP contribution is 2.20. The molecule has 0 fully saturated rings. The van der Waals surface area contributed by atoms with Gasteiger partial charge in [0, 0.05) is 26.8 Å². The zero-order chi connectivity index (χ0) is 17.3. The number of sulfonamides is 1. The lowest BCUT2D eigenvalue weighted by Crippen LogP contribution is -2.30. The minimum absolute atomic E-state index is 0.0874. The van der Waals surface area contributed by atoms with Crippen LogP contribution in [0.5, 0.6) is 5.75 Å². The fourth-order valence-electron chi connectivity index (χ4n) is 1.69. The van der Waals surface area contributed by atoms with Gasteiger partial charge in [-0.1, -0.05) is 0 Å². The Morgan fingerprint density at radius 1 is 1.26 bits per heavy atom. The van der Waals surface area contributed by atoms with Gasteiger partial charge in [0.2, 0.25) is 10.0 Å². The van der Waals surface area contributed by atoms with E-state index < -0.39 is 10.0 Å². The van der Waals surface area contributed by atoms with E-state index in [0.29, 0.717) is 31.2 Å². The van der Waals surface area contributed by atoms with Crippen molar-refractivity contribution in [2.45, 2.75) is 13.3 Å². The van der Waals surface area contributed by atoms with E-state index >= 15 is 0 Å². The summed E-state index contributed by atoms with van der Waals surface area (Å²) in [6.45, 7) is 3.66. The second-order valence-corrected chi connectivity index (χ2v) is 6.93. The summed E-state index contributed by atoms with van der Waals surface area (Å²) in [5.41, 5.74) is 0.528. The Bertz CT molecular complexity index is 586. The van der Waals surface area contributed by atoms with E-state index in [0.717, 1.165) is 12.7 Å². The van der Waals surface area contributed by atoms with Crippen LogP contribution < -0.4 is 14.4 Å². The number of hydrogen-bond donors (Lipinski definition) is 1. The molecule has 0 aliphatic rings. The van der Waals surface area contributed by atoms with Crippen molar-refractivity contribution in [2.24, 2.45) is 0 Å². The zero-order valence-corrected chi connectivity index (χ0v) is 14.6. The van der Waals surface area contributed by atoms with Crippen molar-refractivity contribution in [3.05, 3.63) is 24.3 Å². The predicted molar refractivity (Wildman–Crippen MR) is 89.3 cm³/mol. The largest absolute Gasteiger partial charge is 0.484 e. The molecule has 0 aromatic heterocycles. The van der Waals surface area contributed by atoms with Crippen molar-refractivity contribution >= 4 is 21.6 Å². The molecule has 23 heavy (non-hydrogen) atoms. The first kappa shape index (κ1) is 19.2. The fourth-order valence-corrected chi connectivity index (χ4v) is 2.19. The Morgan fingerprint density at radius 3 is 2.48 bits per heavy atom. The summed E-state index contributed by atoms with van der Waals surface area (Å²) in [6, 6.07) is 6.49. The molecule has 1 amide bonds. The van der Waals surface area contributed by atoms with E-state index in [1.807, 2.05) is 6.92 Å². The molecule has 1 N–H and O–H groups in total. The van der Waals surface area contributed by atoms with Crippen LogP contribution in [0.25, 0.3) is 0 Å². The van der Waals surface area contributed by atoms with E-state index in [4.69, 9.17) is 9.47 Å². The van der Waals surface area contributed by atoms with Crippen LogP contribution in [0, 0.1) is 0 Å². The van der Waals surface area contributed by atoms with E-state index in [9.17, 15) is 13.2 Å². The molecule has 0 atom stereocenters. The Hall–Kier alpha value is -1.80. The summed E-state index contributed by atoms with van der Waals surface area (Å²) < 4.78 is 34.6. The lowest BCUT2D eigenvalue weighted by molar-refractivity contribution is -0.123. The second kappa shape index (κ2) is 9.36. The van der Waals surface area contributed by atoms with Crippen LogP contribution in [0.2, 0.25) is 0 Å². The molecule has 1 aromatic rings. The molecule has 7 nitrogen and oxygen atoms in total. The van der Waals surface area contributed by atoms with Crippen LogP contribution in [0.3, 0.4) is 0 Å². The van der Waals surface area contributed by atoms with E-state index in [1.165, 1.54) is 11.4 Å². The number of rotatable bonds is 10. The summed E-state index contributed by atoms with van der Waals surface area (Å²) in [7, 11) is -1.82. The number of benzene rings is 1. The molecule has 0 aliphatic heterocycles. The smallest absolute Gasteiger partial charge is 0.257 e. The SMILES string of the molecule is CCOCCCNC(=O)COc1ccc(N(C)S(C)(=O)=O)cc1. The lowest BCUT2D eigenvalue weighted by atomic mass is 10.3. The predicted octanol–water partition coefficient (Wildman–Crippen LogP) is 1.00. The van der Waals surface area contributed by atoms with E-state index in [2.05, 4.69) is 5.32 Å². The van der Waals surface area contributed by atoms with Crippen molar-refractivity contribution in [1.82, 2.24) is 5.32 Å². The minimum atomic E-state index is -3.29. The normalized spacial score (nSPS) is 11.1. The summed E-state index contributed by atoms with van der Waals surface area (Å²) >= 11 is 0. The quantitative estimate of drug-likeness (QED) is 0.640. The molecule has 0 saturated carbocycles. The number of nitrogens with one attached hydrogen (secondary N) is 1. The molecule has 0 bridgehead atoms. The maximum absolute atomic E-state index is 11.6. The van der Waals surface area contributed by atoms with Gasteiger partial charge in [-0.2, -0.15) is 0 Å². The molecule has 130 valence electrons. The molecule has 8 heteroatoms. The van der Waals surface area contributed by atoms with Gasteiger partial charge >= 0.3 is 0 Å². The van der Waals surface area contributed by atoms with E-state index in [-0.39, 0.29) is 12.5 Å². The molecule has 0 heterocycles. The van der Waals surface area contributed by atoms with Gasteiger partial charge in [0.1, 0.15) is 5.75 Å². The second-order valence-electron chi connectivity index (χ2n) is 4.91. The standard InChI is InChI=1S/C15H24N2O5S/c1-4-21-11-5-10-16-15(18)12-22-14-8-6-13(7-9-14)17(2)23(3,19)20/h6-9H,4-5,10-12H2,1-3H3,(H,16,18). The third kappa shape index (κ3) is 7.34. The number of carbonyl (C=O) groups is 1. The van der Waals surface area contributed by atoms with Crippen LogP contribution in [-0.4, -0.2) is 54.0 Å². The highest BCUT2D eigenvalue weighted by molar-refractivity contribution is 7.92. The average molecular weight is 344 g/mol. The topological polar surface area (TPSA) is 84.9 Å². The monoisotopic (exact) mass is 344 g/mol. The van der Waals surface area contributed by atoms with Crippen LogP contribution in [0.4, 0.5) is 5.69 Å². The number of ether oxygens (including phenoxy) is 2. The van der Waals surface area contributed by atoms with Crippen LogP contribution in [0.1, 0.15) is 13.3 Å². The molecular formula is C15H24N2O5S. The molecule has 0 radical (unpaired) electrons. The molecular weight excluding hydrogens is 320 g/mol. The van der Waals surface area contributed by atoms with Crippen molar-refractivity contribution < 1.29 is 22.7 Å². The molecule has 1 aromatic carbocycles. The Morgan fingerprint density at radius 2 is 1.91 bits per heavy atom. The van der Waals surface area contributed by atoms with Crippen molar-refractivity contribution in [3.63, 3.8) is 0 Å². The molecule has 0 unspecified atom stereocenters. The molecule has 0 aliphatic carbocycles. The molecule has 0 saturated heterocycles. The van der Waals surface area contributed by atoms with Gasteiger partial charge in [-0.05, 0) is 37.6 Å². The van der Waals surface area contributed by atoms with Crippen LogP contribution in [0.15, 0.2) is 24.3 Å². The first-order valence-electron chi connectivity index (χ1n) is 7.35. The highest BCUT2D eigenvalue weighted by Gasteiger charge is 2.11. The fraction of sp³-hybridized carbons (Fsp3) is 0.533. The third-order valence-corrected chi connectivity index (χ3v) is 4.27. The Balaban J connectivity index is 2.37. The summed E-state index contributed by atoms with van der Waals surface area (Å²) in [4.78, 5) is 11.6. The number of amides is 1. The minimum Gasteiger partial charge on any atom is -0.484 e. The Labute approximate surface area is 137 Å². The van der Waals surface area contributed by atoms with Gasteiger partial charge < -0.3 is 14.8 Å². The van der Waals surface area contributed by atoms with Gasteiger partial charge in [0.05, 0.1) is 11.9 Å². The summed E-state index contributed by atoms with van der Waals surface area (Å²) in [6.07, 6.45) is 1.89. The first-order chi connectivity index (χ1) is 10.8. The van der Waals surface area contributed by atoms with Crippen LogP contribution in [-0.2, 0) is 19.6 Å². The number of nitrogens with zero attached hydrogens (tertiary/aromatic N) is 1. The van der Waals surface area contributed by atoms with E-state index in [1.54, 1.807) is 24.3 Å². The summed E-state index contributed by atoms with van der Waals surface area (Å²) in [5.74, 6) is 0.291. The van der Waals surface area contributed by atoms with Gasteiger partial charge in [0.25, 0.3) is 5.91 Å².